The molecule has 106 valence electrons. The second-order valence-corrected chi connectivity index (χ2v) is 5.71. The molecule has 1 aliphatic heterocycles. The van der Waals surface area contributed by atoms with Crippen LogP contribution in [0.15, 0.2) is 21.9 Å². The highest BCUT2D eigenvalue weighted by Crippen LogP contribution is 2.36. The SMILES string of the molecule is O=c1ccn([C@H]2C[C@H](OCP(=O)(O)O)CO2)c(=O)[nH]1. The number of aromatic nitrogens is 2. The molecule has 1 aromatic rings. The summed E-state index contributed by atoms with van der Waals surface area (Å²) in [5.41, 5.74) is -1.11. The molecule has 0 unspecified atom stereocenters. The first-order valence-electron chi connectivity index (χ1n) is 5.44. The van der Waals surface area contributed by atoms with E-state index in [1.807, 2.05) is 0 Å². The van der Waals surface area contributed by atoms with E-state index in [9.17, 15) is 14.2 Å². The monoisotopic (exact) mass is 292 g/mol. The van der Waals surface area contributed by atoms with Crippen molar-refractivity contribution in [3.05, 3.63) is 33.1 Å². The van der Waals surface area contributed by atoms with Crippen LogP contribution >= 0.6 is 7.60 Å². The number of hydrogen-bond acceptors (Lipinski definition) is 5. The molecule has 19 heavy (non-hydrogen) atoms. The first kappa shape index (κ1) is 14.2. The minimum Gasteiger partial charge on any atom is -0.363 e. The normalized spacial score (nSPS) is 23.7. The van der Waals surface area contributed by atoms with Gasteiger partial charge in [0.15, 0.2) is 0 Å². The molecule has 9 nitrogen and oxygen atoms in total. The summed E-state index contributed by atoms with van der Waals surface area (Å²) < 4.78 is 22.2. The average Bonchev–Trinajstić information content (AvgIpc) is 2.74. The van der Waals surface area contributed by atoms with Gasteiger partial charge in [0.2, 0.25) is 0 Å². The van der Waals surface area contributed by atoms with Crippen LogP contribution in [0, 0.1) is 0 Å². The van der Waals surface area contributed by atoms with Gasteiger partial charge >= 0.3 is 13.3 Å². The van der Waals surface area contributed by atoms with Gasteiger partial charge in [-0.2, -0.15) is 0 Å². The van der Waals surface area contributed by atoms with Crippen LogP contribution in [0.2, 0.25) is 0 Å². The maximum Gasteiger partial charge on any atom is 0.350 e. The lowest BCUT2D eigenvalue weighted by molar-refractivity contribution is 0.0325. The van der Waals surface area contributed by atoms with Gasteiger partial charge in [0.05, 0.1) is 12.7 Å². The van der Waals surface area contributed by atoms with Crippen molar-refractivity contribution < 1.29 is 23.8 Å². The van der Waals surface area contributed by atoms with Crippen LogP contribution in [0.3, 0.4) is 0 Å². The Morgan fingerprint density at radius 2 is 2.26 bits per heavy atom. The third kappa shape index (κ3) is 3.85. The summed E-state index contributed by atoms with van der Waals surface area (Å²) in [6, 6.07) is 1.19. The van der Waals surface area contributed by atoms with E-state index in [0.717, 1.165) is 0 Å². The highest BCUT2D eigenvalue weighted by Gasteiger charge is 2.29. The Balaban J connectivity index is 2.00. The molecule has 0 bridgehead atoms. The second-order valence-electron chi connectivity index (χ2n) is 4.12. The van der Waals surface area contributed by atoms with Crippen LogP contribution < -0.4 is 11.2 Å². The Bertz CT molecular complexity index is 603. The summed E-state index contributed by atoms with van der Waals surface area (Å²) in [7, 11) is -4.22. The van der Waals surface area contributed by atoms with Crippen molar-refractivity contribution in [3.8, 4) is 0 Å². The molecule has 2 atom stereocenters. The van der Waals surface area contributed by atoms with Crippen LogP contribution in [-0.4, -0.2) is 38.4 Å². The number of ether oxygens (including phenoxy) is 2. The lowest BCUT2D eigenvalue weighted by Crippen LogP contribution is -2.31. The summed E-state index contributed by atoms with van der Waals surface area (Å²) in [5.74, 6) is 0. The van der Waals surface area contributed by atoms with Gasteiger partial charge in [0.1, 0.15) is 12.6 Å². The van der Waals surface area contributed by atoms with E-state index in [4.69, 9.17) is 19.3 Å². The Morgan fingerprint density at radius 3 is 2.89 bits per heavy atom. The lowest BCUT2D eigenvalue weighted by atomic mass is 10.3. The van der Waals surface area contributed by atoms with Gasteiger partial charge in [-0.1, -0.05) is 0 Å². The minimum absolute atomic E-state index is 0.121. The zero-order valence-corrected chi connectivity index (χ0v) is 10.7. The number of aromatic amines is 1. The Hall–Kier alpha value is -1.25. The van der Waals surface area contributed by atoms with E-state index in [0.29, 0.717) is 0 Å². The summed E-state index contributed by atoms with van der Waals surface area (Å²) >= 11 is 0. The largest absolute Gasteiger partial charge is 0.363 e. The average molecular weight is 292 g/mol. The molecule has 0 radical (unpaired) electrons. The number of nitrogens with one attached hydrogen (secondary N) is 1. The highest BCUT2D eigenvalue weighted by atomic mass is 31.2. The molecule has 3 N–H and O–H groups in total. The van der Waals surface area contributed by atoms with Gasteiger partial charge in [0, 0.05) is 18.7 Å². The third-order valence-electron chi connectivity index (χ3n) is 2.58. The molecule has 1 aromatic heterocycles. The van der Waals surface area contributed by atoms with Gasteiger partial charge in [-0.15, -0.1) is 0 Å². The van der Waals surface area contributed by atoms with Gasteiger partial charge in [-0.25, -0.2) is 4.79 Å². The fourth-order valence-corrected chi connectivity index (χ4v) is 2.15. The molecule has 0 aromatic carbocycles. The zero-order chi connectivity index (χ0) is 14.0. The van der Waals surface area contributed by atoms with Crippen LogP contribution in [-0.2, 0) is 14.0 Å². The van der Waals surface area contributed by atoms with E-state index in [2.05, 4.69) is 4.98 Å². The highest BCUT2D eigenvalue weighted by molar-refractivity contribution is 7.51. The van der Waals surface area contributed by atoms with E-state index in [1.165, 1.54) is 16.8 Å². The molecule has 0 aliphatic carbocycles. The lowest BCUT2D eigenvalue weighted by Gasteiger charge is -2.12. The van der Waals surface area contributed by atoms with E-state index < -0.39 is 37.5 Å². The van der Waals surface area contributed by atoms with Crippen LogP contribution in [0.25, 0.3) is 0 Å². The molecule has 2 heterocycles. The van der Waals surface area contributed by atoms with E-state index in [1.54, 1.807) is 0 Å². The Morgan fingerprint density at radius 1 is 1.53 bits per heavy atom. The minimum atomic E-state index is -4.22. The number of H-pyrrole nitrogens is 1. The number of nitrogens with zero attached hydrogens (tertiary/aromatic N) is 1. The molecule has 2 rings (SSSR count). The summed E-state index contributed by atoms with van der Waals surface area (Å²) in [5, 5.41) is 0. The molecule has 1 fully saturated rings. The number of rotatable bonds is 4. The van der Waals surface area contributed by atoms with E-state index in [-0.39, 0.29) is 13.0 Å². The fraction of sp³-hybridized carbons (Fsp3) is 0.556. The van der Waals surface area contributed by atoms with Crippen molar-refractivity contribution in [2.75, 3.05) is 13.0 Å². The smallest absolute Gasteiger partial charge is 0.350 e. The zero-order valence-electron chi connectivity index (χ0n) is 9.76. The summed E-state index contributed by atoms with van der Waals surface area (Å²) in [6.45, 7) is 0.121. The maximum atomic E-state index is 11.5. The molecular weight excluding hydrogens is 279 g/mol. The Labute approximate surface area is 107 Å². The first-order chi connectivity index (χ1) is 8.85. The molecule has 0 saturated carbocycles. The van der Waals surface area contributed by atoms with Crippen molar-refractivity contribution in [3.63, 3.8) is 0 Å². The third-order valence-corrected chi connectivity index (χ3v) is 3.06. The predicted octanol–water partition coefficient (Wildman–Crippen LogP) is -1.02. The van der Waals surface area contributed by atoms with Crippen molar-refractivity contribution in [1.29, 1.82) is 0 Å². The van der Waals surface area contributed by atoms with Crippen LogP contribution in [0.5, 0.6) is 0 Å². The van der Waals surface area contributed by atoms with Gasteiger partial charge in [-0.3, -0.25) is 18.9 Å². The fourth-order valence-electron chi connectivity index (χ4n) is 1.75. The molecule has 0 spiro atoms. The second kappa shape index (κ2) is 5.40. The summed E-state index contributed by atoms with van der Waals surface area (Å²) in [6.07, 6.45) is -0.236. The van der Waals surface area contributed by atoms with Crippen molar-refractivity contribution in [1.82, 2.24) is 9.55 Å². The topological polar surface area (TPSA) is 131 Å². The van der Waals surface area contributed by atoms with E-state index >= 15 is 0 Å². The van der Waals surface area contributed by atoms with Gasteiger partial charge in [-0.05, 0) is 0 Å². The summed E-state index contributed by atoms with van der Waals surface area (Å²) in [4.78, 5) is 41.9. The molecule has 0 amide bonds. The van der Waals surface area contributed by atoms with Crippen molar-refractivity contribution in [2.24, 2.45) is 0 Å². The number of hydrogen-bond donors (Lipinski definition) is 3. The molecule has 10 heteroatoms. The quantitative estimate of drug-likeness (QED) is 0.605. The molecular formula is C9H13N2O7P. The van der Waals surface area contributed by atoms with Crippen LogP contribution in [0.1, 0.15) is 12.6 Å². The standard InChI is InChI=1S/C9H13N2O7P/c12-7-1-2-11(9(13)10-7)8-3-6(4-17-8)18-5-19(14,15)16/h1-2,6,8H,3-5H2,(H,10,12,13)(H2,14,15,16)/t6-,8+/m0/s1. The molecule has 1 saturated heterocycles. The van der Waals surface area contributed by atoms with Gasteiger partial charge in [0.25, 0.3) is 5.56 Å². The Kier molecular flexibility index (Phi) is 4.02. The van der Waals surface area contributed by atoms with Crippen molar-refractivity contribution >= 4 is 7.60 Å². The van der Waals surface area contributed by atoms with Crippen LogP contribution in [0.4, 0.5) is 0 Å². The maximum absolute atomic E-state index is 11.5. The predicted molar refractivity (Wildman–Crippen MR) is 62.7 cm³/mol. The molecule has 1 aliphatic rings. The first-order valence-corrected chi connectivity index (χ1v) is 7.24. The van der Waals surface area contributed by atoms with Crippen molar-refractivity contribution in [2.45, 2.75) is 18.8 Å². The van der Waals surface area contributed by atoms with Gasteiger partial charge < -0.3 is 19.3 Å².